The third kappa shape index (κ3) is 17.0. The van der Waals surface area contributed by atoms with E-state index < -0.39 is 0 Å². The molecule has 6 nitrogen and oxygen atoms in total. The van der Waals surface area contributed by atoms with E-state index in [1.807, 2.05) is 68.5 Å². The fraction of sp³-hybridized carbons (Fsp3) is 0.393. The molecule has 4 aromatic carbocycles. The number of hydrogen-bond donors (Lipinski definition) is 0. The average Bonchev–Trinajstić information content (AvgIpc) is 3.26. The predicted octanol–water partition coefficient (Wildman–Crippen LogP) is 14.1. The molecule has 1 aliphatic carbocycles. The number of aryl methyl sites for hydroxylation is 1. The third-order valence-electron chi connectivity index (χ3n) is 11.0. The fourth-order valence-corrected chi connectivity index (χ4v) is 7.11. The second-order valence-corrected chi connectivity index (χ2v) is 18.2. The summed E-state index contributed by atoms with van der Waals surface area (Å²) in [7, 11) is 1.67. The van der Waals surface area contributed by atoms with Gasteiger partial charge in [0.05, 0.1) is 12.7 Å². The van der Waals surface area contributed by atoms with Crippen molar-refractivity contribution in [1.82, 2.24) is 0 Å². The van der Waals surface area contributed by atoms with Crippen molar-refractivity contribution in [1.29, 1.82) is 0 Å². The first-order chi connectivity index (χ1) is 29.4. The summed E-state index contributed by atoms with van der Waals surface area (Å²) in [5.74, 6) is 1.53. The van der Waals surface area contributed by atoms with Gasteiger partial charge in [0.25, 0.3) is 0 Å². The lowest BCUT2D eigenvalue weighted by Crippen LogP contribution is -2.34. The first-order valence-corrected chi connectivity index (χ1v) is 21.8. The van der Waals surface area contributed by atoms with Crippen LogP contribution in [0.3, 0.4) is 0 Å². The highest BCUT2D eigenvalue weighted by atomic mass is 16.5. The number of carbonyl (C=O) groups excluding carboxylic acids is 4. The van der Waals surface area contributed by atoms with Crippen LogP contribution in [0.25, 0.3) is 12.2 Å². The van der Waals surface area contributed by atoms with Gasteiger partial charge in [0.15, 0.2) is 6.29 Å². The van der Waals surface area contributed by atoms with Crippen LogP contribution >= 0.6 is 0 Å². The van der Waals surface area contributed by atoms with Crippen LogP contribution in [0.1, 0.15) is 161 Å². The summed E-state index contributed by atoms with van der Waals surface area (Å²) in [6, 6.07) is 27.5. The number of hydrogen-bond acceptors (Lipinski definition) is 6. The van der Waals surface area contributed by atoms with Crippen molar-refractivity contribution in [3.05, 3.63) is 153 Å². The van der Waals surface area contributed by atoms with Gasteiger partial charge in [-0.1, -0.05) is 148 Å². The average molecular weight is 841 g/mol. The number of aldehydes is 4. The van der Waals surface area contributed by atoms with E-state index in [4.69, 9.17) is 9.47 Å². The van der Waals surface area contributed by atoms with Gasteiger partial charge in [-0.15, -0.1) is 0 Å². The van der Waals surface area contributed by atoms with Crippen LogP contribution in [0.4, 0.5) is 0 Å². The van der Waals surface area contributed by atoms with E-state index in [1.165, 1.54) is 36.0 Å². The Morgan fingerprint density at radius 2 is 1.34 bits per heavy atom. The molecular weight excluding hydrogens is 769 g/mol. The van der Waals surface area contributed by atoms with Gasteiger partial charge in [0.1, 0.15) is 37.0 Å². The summed E-state index contributed by atoms with van der Waals surface area (Å²) in [6.07, 6.45) is 17.1. The number of rotatable bonds is 15. The van der Waals surface area contributed by atoms with Crippen LogP contribution in [0.2, 0.25) is 0 Å². The lowest BCUT2D eigenvalue weighted by atomic mass is 9.62. The Morgan fingerprint density at radius 3 is 1.85 bits per heavy atom. The van der Waals surface area contributed by atoms with Crippen LogP contribution in [0, 0.1) is 6.92 Å². The number of unbranched alkanes of at least 4 members (excludes halogenated alkanes) is 3. The molecule has 0 radical (unpaired) electrons. The fourth-order valence-electron chi connectivity index (χ4n) is 7.11. The lowest BCUT2D eigenvalue weighted by molar-refractivity contribution is -0.105. The topological polar surface area (TPSA) is 86.7 Å². The molecule has 62 heavy (non-hydrogen) atoms. The highest BCUT2D eigenvalue weighted by Crippen LogP contribution is 2.50. The molecule has 0 aliphatic heterocycles. The number of fused-ring (bicyclic) bond motifs is 1. The van der Waals surface area contributed by atoms with E-state index in [9.17, 15) is 19.2 Å². The molecule has 0 spiro atoms. The molecule has 5 rings (SSSR count). The standard InChI is InChI=1S/C17H24O2.C15H20O.C14H18O.C10H10O2/c1-11-9-13-14(15(19-6)12(11)10-18)17(4,5)8-7-16(13,2)3;1-2-3-4-6-11-15(13-16)12-14-9-7-5-8-10-14;1-11(10-15)9-12-5-7-13(8-6-12)14(2,3)4;1-2-7-12-10-5-3-9(8-11)4-6-10/h9-10H,7-8H2,1-6H3;5,7-10,12-13H,2-4,6,11H2,1H3;5-10H,1-4H3;2-6,8H,1,7H2/b;15-12+;11-9+;. The number of benzene rings is 4. The maximum absolute atomic E-state index is 11.4. The number of carbonyl (C=O) groups is 4. The summed E-state index contributed by atoms with van der Waals surface area (Å²) in [4.78, 5) is 43.0. The molecule has 4 aromatic rings. The van der Waals surface area contributed by atoms with Crippen molar-refractivity contribution in [2.75, 3.05) is 13.7 Å². The van der Waals surface area contributed by atoms with Crippen molar-refractivity contribution in [3.63, 3.8) is 0 Å². The molecule has 1 aliphatic rings. The second kappa shape index (κ2) is 26.0. The van der Waals surface area contributed by atoms with Crippen molar-refractivity contribution in [2.24, 2.45) is 0 Å². The van der Waals surface area contributed by atoms with Crippen LogP contribution in [-0.2, 0) is 25.8 Å². The molecule has 0 fully saturated rings. The van der Waals surface area contributed by atoms with Gasteiger partial charge in [0, 0.05) is 11.1 Å². The van der Waals surface area contributed by atoms with Gasteiger partial charge in [-0.25, -0.2) is 0 Å². The quantitative estimate of drug-likeness (QED) is 0.0513. The Balaban J connectivity index is 0.000000288. The van der Waals surface area contributed by atoms with Crippen LogP contribution in [0.5, 0.6) is 11.5 Å². The molecule has 0 saturated heterocycles. The SMILES string of the molecule is C/C(C=O)=C\c1ccc(C(C)(C)C)cc1.C=CCOc1ccc(C=O)cc1.CCCCCC/C(C=O)=C\c1ccccc1.COc1c(C=O)c(C)cc2c1C(C)(C)CCC2(C)C. The van der Waals surface area contributed by atoms with Crippen molar-refractivity contribution < 1.29 is 28.7 Å². The minimum absolute atomic E-state index is 0.0572. The Labute approximate surface area is 373 Å². The Kier molecular flexibility index (Phi) is 22.0. The van der Waals surface area contributed by atoms with Crippen LogP contribution in [0.15, 0.2) is 109 Å². The van der Waals surface area contributed by atoms with E-state index in [-0.39, 0.29) is 16.2 Å². The first-order valence-electron chi connectivity index (χ1n) is 21.8. The molecule has 0 N–H and O–H groups in total. The highest BCUT2D eigenvalue weighted by Gasteiger charge is 2.40. The van der Waals surface area contributed by atoms with Crippen molar-refractivity contribution in [2.45, 2.75) is 130 Å². The Hall–Kier alpha value is -5.62. The first kappa shape index (κ1) is 52.5. The summed E-state index contributed by atoms with van der Waals surface area (Å²) in [5.41, 5.74) is 10.5. The predicted molar refractivity (Wildman–Crippen MR) is 260 cm³/mol. The Bertz CT molecular complexity index is 2080. The molecular formula is C56H72O6. The van der Waals surface area contributed by atoms with Gasteiger partial charge < -0.3 is 9.47 Å². The molecule has 0 amide bonds. The van der Waals surface area contributed by atoms with Crippen molar-refractivity contribution >= 4 is 37.3 Å². The van der Waals surface area contributed by atoms with E-state index in [1.54, 1.807) is 37.5 Å². The molecule has 0 heterocycles. The van der Waals surface area contributed by atoms with Crippen LogP contribution in [-0.4, -0.2) is 38.9 Å². The number of allylic oxidation sites excluding steroid dienone is 2. The van der Waals surface area contributed by atoms with E-state index >= 15 is 0 Å². The van der Waals surface area contributed by atoms with Gasteiger partial charge in [-0.3, -0.25) is 19.2 Å². The zero-order chi connectivity index (χ0) is 46.3. The summed E-state index contributed by atoms with van der Waals surface area (Å²) < 4.78 is 10.8. The molecule has 0 aromatic heterocycles. The number of methoxy groups -OCH3 is 1. The third-order valence-corrected chi connectivity index (χ3v) is 11.0. The smallest absolute Gasteiger partial charge is 0.154 e. The normalized spacial score (nSPS) is 13.8. The summed E-state index contributed by atoms with van der Waals surface area (Å²) >= 11 is 0. The molecule has 0 atom stereocenters. The zero-order valence-electron chi connectivity index (χ0n) is 39.4. The maximum Gasteiger partial charge on any atom is 0.154 e. The molecule has 0 bridgehead atoms. The second-order valence-electron chi connectivity index (χ2n) is 18.2. The van der Waals surface area contributed by atoms with Gasteiger partial charge in [0.2, 0.25) is 0 Å². The van der Waals surface area contributed by atoms with Gasteiger partial charge in [-0.05, 0) is 131 Å². The van der Waals surface area contributed by atoms with E-state index in [0.717, 1.165) is 90.2 Å². The zero-order valence-corrected chi connectivity index (χ0v) is 39.4. The van der Waals surface area contributed by atoms with E-state index in [2.05, 4.69) is 80.2 Å². The minimum Gasteiger partial charge on any atom is -0.496 e. The monoisotopic (exact) mass is 841 g/mol. The van der Waals surface area contributed by atoms with Gasteiger partial charge in [-0.2, -0.15) is 0 Å². The number of ether oxygens (including phenoxy) is 2. The van der Waals surface area contributed by atoms with Crippen LogP contribution < -0.4 is 9.47 Å². The lowest BCUT2D eigenvalue weighted by Gasteiger charge is -2.43. The molecule has 0 unspecified atom stereocenters. The molecule has 6 heteroatoms. The largest absolute Gasteiger partial charge is 0.496 e. The summed E-state index contributed by atoms with van der Waals surface area (Å²) in [5, 5.41) is 0. The van der Waals surface area contributed by atoms with Crippen molar-refractivity contribution in [3.8, 4) is 11.5 Å². The Morgan fingerprint density at radius 1 is 0.742 bits per heavy atom. The molecule has 332 valence electrons. The maximum atomic E-state index is 11.4. The summed E-state index contributed by atoms with van der Waals surface area (Å²) in [6.45, 7) is 25.6. The molecule has 0 saturated carbocycles. The van der Waals surface area contributed by atoms with Gasteiger partial charge >= 0.3 is 0 Å². The van der Waals surface area contributed by atoms with E-state index in [0.29, 0.717) is 17.7 Å². The minimum atomic E-state index is 0.0572. The highest BCUT2D eigenvalue weighted by molar-refractivity contribution is 5.84.